The summed E-state index contributed by atoms with van der Waals surface area (Å²) in [6.07, 6.45) is 1.67. The molecule has 0 saturated heterocycles. The van der Waals surface area contributed by atoms with E-state index in [1.807, 2.05) is 61.5 Å². The first-order valence-electron chi connectivity index (χ1n) is 7.29. The lowest BCUT2D eigenvalue weighted by molar-refractivity contribution is 0.0945. The topological polar surface area (TPSA) is 64.2 Å². The van der Waals surface area contributed by atoms with Crippen LogP contribution in [-0.2, 0) is 0 Å². The quantitative estimate of drug-likeness (QED) is 0.808. The molecule has 5 heteroatoms. The maximum atomic E-state index is 12.6. The van der Waals surface area contributed by atoms with Crippen LogP contribution in [0, 0.1) is 0 Å². The van der Waals surface area contributed by atoms with Gasteiger partial charge < -0.3 is 10.6 Å². The number of rotatable bonds is 3. The van der Waals surface area contributed by atoms with Gasteiger partial charge in [0.2, 0.25) is 0 Å². The molecule has 0 spiro atoms. The highest BCUT2D eigenvalue weighted by molar-refractivity contribution is 5.96. The van der Waals surface area contributed by atoms with Crippen LogP contribution in [0.4, 0.5) is 11.5 Å². The van der Waals surface area contributed by atoms with Gasteiger partial charge in [0.05, 0.1) is 0 Å². The third-order valence-corrected chi connectivity index (χ3v) is 3.67. The molecule has 0 aliphatic carbocycles. The summed E-state index contributed by atoms with van der Waals surface area (Å²) in [5, 5.41) is 4.16. The predicted molar refractivity (Wildman–Crippen MR) is 92.6 cm³/mol. The minimum atomic E-state index is -0.204. The Hall–Kier alpha value is -3.08. The van der Waals surface area contributed by atoms with Crippen molar-refractivity contribution < 1.29 is 4.79 Å². The van der Waals surface area contributed by atoms with Gasteiger partial charge in [0.1, 0.15) is 0 Å². The maximum Gasteiger partial charge on any atom is 0.278 e. The van der Waals surface area contributed by atoms with Gasteiger partial charge in [-0.1, -0.05) is 30.3 Å². The molecule has 2 N–H and O–H groups in total. The van der Waals surface area contributed by atoms with Crippen molar-refractivity contribution in [3.63, 3.8) is 0 Å². The molecule has 116 valence electrons. The second kappa shape index (κ2) is 5.96. The van der Waals surface area contributed by atoms with Gasteiger partial charge in [0, 0.05) is 37.1 Å². The lowest BCUT2D eigenvalue weighted by atomic mass is 10.1. The lowest BCUT2D eigenvalue weighted by Gasteiger charge is -2.12. The largest absolute Gasteiger partial charge is 0.382 e. The highest BCUT2D eigenvalue weighted by atomic mass is 16.2. The van der Waals surface area contributed by atoms with Crippen molar-refractivity contribution in [1.82, 2.24) is 9.78 Å². The summed E-state index contributed by atoms with van der Waals surface area (Å²) in [7, 11) is 3.91. The number of anilines is 2. The van der Waals surface area contributed by atoms with Crippen molar-refractivity contribution in [1.29, 1.82) is 0 Å². The molecule has 0 aliphatic rings. The number of carbonyl (C=O) groups is 1. The molecule has 0 aliphatic heterocycles. The third-order valence-electron chi connectivity index (χ3n) is 3.67. The summed E-state index contributed by atoms with van der Waals surface area (Å²) in [6, 6.07) is 17.0. The van der Waals surface area contributed by atoms with Gasteiger partial charge in [0.25, 0.3) is 5.91 Å². The zero-order valence-electron chi connectivity index (χ0n) is 13.1. The second-order valence-corrected chi connectivity index (χ2v) is 5.49. The Kier molecular flexibility index (Phi) is 3.85. The first-order valence-corrected chi connectivity index (χ1v) is 7.29. The van der Waals surface area contributed by atoms with Gasteiger partial charge in [-0.2, -0.15) is 0 Å². The minimum absolute atomic E-state index is 0.204. The summed E-state index contributed by atoms with van der Waals surface area (Å²) in [6.45, 7) is 0. The molecule has 0 fully saturated rings. The van der Waals surface area contributed by atoms with Crippen LogP contribution in [0.15, 0.2) is 60.8 Å². The average molecular weight is 306 g/mol. The number of hydrogen-bond donors (Lipinski definition) is 1. The molecular formula is C18H18N4O. The average Bonchev–Trinajstić information content (AvgIpc) is 2.97. The van der Waals surface area contributed by atoms with Crippen molar-refractivity contribution in [3.05, 3.63) is 66.4 Å². The summed E-state index contributed by atoms with van der Waals surface area (Å²) >= 11 is 0. The number of nitrogens with two attached hydrogens (primary N) is 1. The normalized spacial score (nSPS) is 10.5. The van der Waals surface area contributed by atoms with Crippen LogP contribution in [0.5, 0.6) is 0 Å². The van der Waals surface area contributed by atoms with Gasteiger partial charge in [-0.15, -0.1) is 5.10 Å². The van der Waals surface area contributed by atoms with Gasteiger partial charge in [-0.25, -0.2) is 4.68 Å². The number of aromatic nitrogens is 2. The van der Waals surface area contributed by atoms with E-state index < -0.39 is 0 Å². The van der Waals surface area contributed by atoms with Crippen molar-refractivity contribution in [2.24, 2.45) is 0 Å². The minimum Gasteiger partial charge on any atom is -0.382 e. The van der Waals surface area contributed by atoms with E-state index in [9.17, 15) is 4.79 Å². The lowest BCUT2D eigenvalue weighted by Crippen LogP contribution is -2.13. The van der Waals surface area contributed by atoms with Gasteiger partial charge in [-0.3, -0.25) is 4.79 Å². The molecule has 0 amide bonds. The summed E-state index contributed by atoms with van der Waals surface area (Å²) in [5.41, 5.74) is 9.25. The molecule has 0 unspecified atom stereocenters. The molecule has 1 heterocycles. The van der Waals surface area contributed by atoms with E-state index in [4.69, 9.17) is 5.73 Å². The van der Waals surface area contributed by atoms with Crippen molar-refractivity contribution in [2.45, 2.75) is 0 Å². The standard InChI is InChI=1S/C18H18N4O/c1-21(2)15-10-8-14(9-11-15)18(23)22-12-16(17(19)20-22)13-6-4-3-5-7-13/h3-12H,1-2H3,(H2,19,20). The first kappa shape index (κ1) is 14.8. The summed E-state index contributed by atoms with van der Waals surface area (Å²) in [5.74, 6) is 0.138. The zero-order chi connectivity index (χ0) is 16.4. The van der Waals surface area contributed by atoms with E-state index in [1.165, 1.54) is 4.68 Å². The smallest absolute Gasteiger partial charge is 0.278 e. The molecule has 5 nitrogen and oxygen atoms in total. The second-order valence-electron chi connectivity index (χ2n) is 5.49. The molecule has 0 saturated carbocycles. The van der Waals surface area contributed by atoms with Crippen LogP contribution in [0.25, 0.3) is 11.1 Å². The van der Waals surface area contributed by atoms with Crippen LogP contribution in [0.1, 0.15) is 10.4 Å². The zero-order valence-corrected chi connectivity index (χ0v) is 13.1. The molecule has 3 rings (SSSR count). The number of benzene rings is 2. The van der Waals surface area contributed by atoms with Gasteiger partial charge >= 0.3 is 0 Å². The highest BCUT2D eigenvalue weighted by Crippen LogP contribution is 2.24. The Morgan fingerprint density at radius 1 is 1.04 bits per heavy atom. The molecule has 3 aromatic rings. The van der Waals surface area contributed by atoms with E-state index in [1.54, 1.807) is 18.3 Å². The molecule has 0 radical (unpaired) electrons. The van der Waals surface area contributed by atoms with E-state index in [0.717, 1.165) is 16.8 Å². The van der Waals surface area contributed by atoms with Gasteiger partial charge in [-0.05, 0) is 29.8 Å². The fraction of sp³-hybridized carbons (Fsp3) is 0.111. The predicted octanol–water partition coefficient (Wildman–Crippen LogP) is 2.89. The van der Waals surface area contributed by atoms with Crippen LogP contribution >= 0.6 is 0 Å². The molecular weight excluding hydrogens is 288 g/mol. The number of nitrogen functional groups attached to an aromatic ring is 1. The van der Waals surface area contributed by atoms with Crippen LogP contribution in [0.3, 0.4) is 0 Å². The highest BCUT2D eigenvalue weighted by Gasteiger charge is 2.14. The Balaban J connectivity index is 1.91. The number of nitrogens with zero attached hydrogens (tertiary/aromatic N) is 3. The fourth-order valence-corrected chi connectivity index (χ4v) is 2.37. The molecule has 1 aromatic heterocycles. The van der Waals surface area contributed by atoms with Crippen LogP contribution < -0.4 is 10.6 Å². The summed E-state index contributed by atoms with van der Waals surface area (Å²) in [4.78, 5) is 14.5. The number of carbonyl (C=O) groups excluding carboxylic acids is 1. The Morgan fingerprint density at radius 3 is 2.30 bits per heavy atom. The summed E-state index contributed by atoms with van der Waals surface area (Å²) < 4.78 is 1.29. The number of hydrogen-bond acceptors (Lipinski definition) is 4. The van der Waals surface area contributed by atoms with E-state index >= 15 is 0 Å². The maximum absolute atomic E-state index is 12.6. The molecule has 23 heavy (non-hydrogen) atoms. The van der Waals surface area contributed by atoms with Crippen LogP contribution in [0.2, 0.25) is 0 Å². The monoisotopic (exact) mass is 306 g/mol. The van der Waals surface area contributed by atoms with Crippen molar-refractivity contribution in [2.75, 3.05) is 24.7 Å². The van der Waals surface area contributed by atoms with Crippen molar-refractivity contribution >= 4 is 17.4 Å². The van der Waals surface area contributed by atoms with Crippen LogP contribution in [-0.4, -0.2) is 29.8 Å². The van der Waals surface area contributed by atoms with Gasteiger partial charge in [0.15, 0.2) is 5.82 Å². The van der Waals surface area contributed by atoms with E-state index in [0.29, 0.717) is 11.4 Å². The van der Waals surface area contributed by atoms with E-state index in [-0.39, 0.29) is 5.91 Å². The van der Waals surface area contributed by atoms with E-state index in [2.05, 4.69) is 5.10 Å². The molecule has 0 atom stereocenters. The third kappa shape index (κ3) is 2.94. The Bertz CT molecular complexity index is 820. The Morgan fingerprint density at radius 2 is 1.70 bits per heavy atom. The Labute approximate surface area is 135 Å². The molecule has 0 bridgehead atoms. The first-order chi connectivity index (χ1) is 11.1. The molecule has 2 aromatic carbocycles. The SMILES string of the molecule is CN(C)c1ccc(C(=O)n2cc(-c3ccccc3)c(N)n2)cc1. The fourth-order valence-electron chi connectivity index (χ4n) is 2.37. The van der Waals surface area contributed by atoms with Crippen molar-refractivity contribution in [3.8, 4) is 11.1 Å².